The van der Waals surface area contributed by atoms with E-state index < -0.39 is 0 Å². The maximum Gasteiger partial charge on any atom is 0.253 e. The van der Waals surface area contributed by atoms with Crippen LogP contribution in [0.15, 0.2) is 53.6 Å². The molecule has 0 bridgehead atoms. The number of carbonyl (C=O) groups is 1. The first-order valence-electron chi connectivity index (χ1n) is 6.68. The van der Waals surface area contributed by atoms with E-state index in [1.807, 2.05) is 62.4 Å². The van der Waals surface area contributed by atoms with Gasteiger partial charge in [0, 0.05) is 0 Å². The molecule has 0 N–H and O–H groups in total. The molecule has 0 atom stereocenters. The molecule has 0 saturated carbocycles. The van der Waals surface area contributed by atoms with E-state index in [-0.39, 0.29) is 5.91 Å². The topological polar surface area (TPSA) is 32.7 Å². The summed E-state index contributed by atoms with van der Waals surface area (Å²) in [6.45, 7) is 4.02. The highest BCUT2D eigenvalue weighted by molar-refractivity contribution is 6.19. The van der Waals surface area contributed by atoms with Crippen molar-refractivity contribution in [1.82, 2.24) is 0 Å². The second-order valence-electron chi connectivity index (χ2n) is 5.08. The van der Waals surface area contributed by atoms with Gasteiger partial charge >= 0.3 is 0 Å². The number of aryl methyl sites for hydroxylation is 2. The highest BCUT2D eigenvalue weighted by Crippen LogP contribution is 2.27. The van der Waals surface area contributed by atoms with Crippen LogP contribution in [0.2, 0.25) is 0 Å². The van der Waals surface area contributed by atoms with Crippen LogP contribution in [0.5, 0.6) is 0 Å². The Morgan fingerprint density at radius 1 is 1.05 bits per heavy atom. The average molecular weight is 264 g/mol. The van der Waals surface area contributed by atoms with Crippen LogP contribution in [0.25, 0.3) is 0 Å². The number of amides is 1. The SMILES string of the molecule is Cc1ccc(C)c(N2N=C(c3ccccc3)CC2=O)c1. The van der Waals surface area contributed by atoms with Crippen LogP contribution >= 0.6 is 0 Å². The van der Waals surface area contributed by atoms with Crippen molar-refractivity contribution < 1.29 is 4.79 Å². The van der Waals surface area contributed by atoms with E-state index in [1.165, 1.54) is 5.01 Å². The minimum Gasteiger partial charge on any atom is -0.272 e. The van der Waals surface area contributed by atoms with E-state index in [4.69, 9.17) is 0 Å². The molecular formula is C17H16N2O. The lowest BCUT2D eigenvalue weighted by Crippen LogP contribution is -2.20. The van der Waals surface area contributed by atoms with Gasteiger partial charge in [-0.2, -0.15) is 10.1 Å². The second-order valence-corrected chi connectivity index (χ2v) is 5.08. The van der Waals surface area contributed by atoms with Crippen LogP contribution in [-0.4, -0.2) is 11.6 Å². The van der Waals surface area contributed by atoms with Crippen LogP contribution in [0.4, 0.5) is 5.69 Å². The Morgan fingerprint density at radius 3 is 2.55 bits per heavy atom. The lowest BCUT2D eigenvalue weighted by Gasteiger charge is -2.15. The Balaban J connectivity index is 2.01. The minimum absolute atomic E-state index is 0.0255. The molecule has 0 fully saturated rings. The van der Waals surface area contributed by atoms with Gasteiger partial charge < -0.3 is 0 Å². The molecule has 2 aromatic rings. The lowest BCUT2D eigenvalue weighted by atomic mass is 10.1. The molecule has 0 unspecified atom stereocenters. The molecule has 0 aliphatic carbocycles. The molecule has 1 heterocycles. The van der Waals surface area contributed by atoms with Gasteiger partial charge in [-0.3, -0.25) is 4.79 Å². The number of hydrazone groups is 1. The predicted octanol–water partition coefficient (Wildman–Crippen LogP) is 3.44. The number of nitrogens with zero attached hydrogens (tertiary/aromatic N) is 2. The first kappa shape index (κ1) is 12.6. The number of carbonyl (C=O) groups excluding carboxylic acids is 1. The summed E-state index contributed by atoms with van der Waals surface area (Å²) in [7, 11) is 0. The first-order valence-corrected chi connectivity index (χ1v) is 6.68. The molecule has 100 valence electrons. The van der Waals surface area contributed by atoms with E-state index >= 15 is 0 Å². The Hall–Kier alpha value is -2.42. The van der Waals surface area contributed by atoms with E-state index in [9.17, 15) is 4.79 Å². The molecule has 1 aliphatic heterocycles. The van der Waals surface area contributed by atoms with Crippen molar-refractivity contribution in [1.29, 1.82) is 0 Å². The fourth-order valence-corrected chi connectivity index (χ4v) is 2.36. The zero-order valence-corrected chi connectivity index (χ0v) is 11.6. The van der Waals surface area contributed by atoms with Gasteiger partial charge in [0.2, 0.25) is 0 Å². The molecule has 1 amide bonds. The third-order valence-corrected chi connectivity index (χ3v) is 3.48. The highest BCUT2D eigenvalue weighted by Gasteiger charge is 2.26. The quantitative estimate of drug-likeness (QED) is 0.817. The monoisotopic (exact) mass is 264 g/mol. The van der Waals surface area contributed by atoms with Gasteiger partial charge in [0.05, 0.1) is 17.8 Å². The Morgan fingerprint density at radius 2 is 1.80 bits per heavy atom. The van der Waals surface area contributed by atoms with Gasteiger partial charge in [0.1, 0.15) is 0 Å². The Kier molecular flexibility index (Phi) is 3.11. The van der Waals surface area contributed by atoms with Crippen LogP contribution in [0.3, 0.4) is 0 Å². The molecule has 1 aliphatic rings. The van der Waals surface area contributed by atoms with E-state index in [0.717, 1.165) is 28.1 Å². The normalized spacial score (nSPS) is 14.6. The molecule has 20 heavy (non-hydrogen) atoms. The van der Waals surface area contributed by atoms with Gasteiger partial charge in [-0.1, -0.05) is 42.5 Å². The standard InChI is InChI=1S/C17H16N2O/c1-12-8-9-13(2)16(10-12)19-17(20)11-15(18-19)14-6-4-3-5-7-14/h3-10H,11H2,1-2H3. The zero-order chi connectivity index (χ0) is 14.1. The van der Waals surface area contributed by atoms with Gasteiger partial charge in [-0.05, 0) is 36.6 Å². The molecule has 0 aromatic heterocycles. The fraction of sp³-hybridized carbons (Fsp3) is 0.176. The van der Waals surface area contributed by atoms with Crippen molar-refractivity contribution in [3.05, 3.63) is 65.2 Å². The summed E-state index contributed by atoms with van der Waals surface area (Å²) in [5.41, 5.74) is 4.90. The third kappa shape index (κ3) is 2.23. The Bertz CT molecular complexity index is 689. The number of hydrogen-bond donors (Lipinski definition) is 0. The van der Waals surface area contributed by atoms with Crippen molar-refractivity contribution in [3.8, 4) is 0 Å². The summed E-state index contributed by atoms with van der Waals surface area (Å²) in [4.78, 5) is 12.2. The smallest absolute Gasteiger partial charge is 0.253 e. The molecule has 3 nitrogen and oxygen atoms in total. The third-order valence-electron chi connectivity index (χ3n) is 3.48. The maximum absolute atomic E-state index is 12.2. The minimum atomic E-state index is 0.0255. The number of rotatable bonds is 2. The molecule has 2 aromatic carbocycles. The summed E-state index contributed by atoms with van der Waals surface area (Å²) < 4.78 is 0. The molecule has 3 heteroatoms. The highest BCUT2D eigenvalue weighted by atomic mass is 16.2. The van der Waals surface area contributed by atoms with Crippen LogP contribution in [0.1, 0.15) is 23.1 Å². The lowest BCUT2D eigenvalue weighted by molar-refractivity contribution is -0.116. The summed E-state index contributed by atoms with van der Waals surface area (Å²) in [5, 5.41) is 6.04. The van der Waals surface area contributed by atoms with Crippen molar-refractivity contribution in [2.75, 3.05) is 5.01 Å². The van der Waals surface area contributed by atoms with Crippen molar-refractivity contribution in [2.45, 2.75) is 20.3 Å². The van der Waals surface area contributed by atoms with Crippen molar-refractivity contribution in [3.63, 3.8) is 0 Å². The molecule has 0 spiro atoms. The van der Waals surface area contributed by atoms with Crippen LogP contribution < -0.4 is 5.01 Å². The summed E-state index contributed by atoms with van der Waals surface area (Å²) in [5.74, 6) is 0.0255. The van der Waals surface area contributed by atoms with Gasteiger partial charge in [0.25, 0.3) is 5.91 Å². The van der Waals surface area contributed by atoms with Crippen LogP contribution in [-0.2, 0) is 4.79 Å². The number of anilines is 1. The molecule has 0 saturated heterocycles. The average Bonchev–Trinajstić information content (AvgIpc) is 2.84. The predicted molar refractivity (Wildman–Crippen MR) is 81.0 cm³/mol. The largest absolute Gasteiger partial charge is 0.272 e. The summed E-state index contributed by atoms with van der Waals surface area (Å²) >= 11 is 0. The summed E-state index contributed by atoms with van der Waals surface area (Å²) in [6.07, 6.45) is 0.359. The molecule has 3 rings (SSSR count). The van der Waals surface area contributed by atoms with E-state index in [2.05, 4.69) is 5.10 Å². The van der Waals surface area contributed by atoms with Crippen molar-refractivity contribution >= 4 is 17.3 Å². The molecular weight excluding hydrogens is 248 g/mol. The maximum atomic E-state index is 12.2. The van der Waals surface area contributed by atoms with Crippen LogP contribution in [0, 0.1) is 13.8 Å². The number of benzene rings is 2. The molecule has 0 radical (unpaired) electrons. The van der Waals surface area contributed by atoms with Gasteiger partial charge in [-0.15, -0.1) is 0 Å². The number of hydrogen-bond acceptors (Lipinski definition) is 2. The fourth-order valence-electron chi connectivity index (χ4n) is 2.36. The zero-order valence-electron chi connectivity index (χ0n) is 11.6. The Labute approximate surface area is 118 Å². The first-order chi connectivity index (χ1) is 9.65. The van der Waals surface area contributed by atoms with Crippen molar-refractivity contribution in [2.24, 2.45) is 5.10 Å². The van der Waals surface area contributed by atoms with Gasteiger partial charge in [0.15, 0.2) is 0 Å². The van der Waals surface area contributed by atoms with E-state index in [0.29, 0.717) is 6.42 Å². The van der Waals surface area contributed by atoms with E-state index in [1.54, 1.807) is 0 Å². The summed E-state index contributed by atoms with van der Waals surface area (Å²) in [6, 6.07) is 15.9. The van der Waals surface area contributed by atoms with Gasteiger partial charge in [-0.25, -0.2) is 0 Å². The second kappa shape index (κ2) is 4.93.